The largest absolute Gasteiger partial charge is 0.393 e. The SMILES string of the molecule is C[C@@H](O)CCc1cn(C)c2ccccc12. The van der Waals surface area contributed by atoms with Crippen molar-refractivity contribution >= 4 is 10.9 Å². The smallest absolute Gasteiger partial charge is 0.0515 e. The molecule has 1 heterocycles. The molecule has 0 saturated carbocycles. The van der Waals surface area contributed by atoms with E-state index in [9.17, 15) is 5.11 Å². The van der Waals surface area contributed by atoms with E-state index in [1.54, 1.807) is 0 Å². The molecule has 0 amide bonds. The van der Waals surface area contributed by atoms with Gasteiger partial charge < -0.3 is 9.67 Å². The van der Waals surface area contributed by atoms with E-state index < -0.39 is 0 Å². The molecule has 2 rings (SSSR count). The molecule has 1 aromatic heterocycles. The van der Waals surface area contributed by atoms with Crippen LogP contribution >= 0.6 is 0 Å². The Bertz CT molecular complexity index is 457. The average molecular weight is 203 g/mol. The highest BCUT2D eigenvalue weighted by atomic mass is 16.3. The molecule has 15 heavy (non-hydrogen) atoms. The molecule has 80 valence electrons. The van der Waals surface area contributed by atoms with Gasteiger partial charge in [-0.15, -0.1) is 0 Å². The van der Waals surface area contributed by atoms with Crippen molar-refractivity contribution in [1.82, 2.24) is 4.57 Å². The first-order valence-electron chi connectivity index (χ1n) is 5.39. The van der Waals surface area contributed by atoms with Gasteiger partial charge in [-0.2, -0.15) is 0 Å². The Morgan fingerprint density at radius 3 is 2.80 bits per heavy atom. The Kier molecular flexibility index (Phi) is 2.78. The molecule has 1 N–H and O–H groups in total. The maximum atomic E-state index is 9.29. The predicted molar refractivity (Wildman–Crippen MR) is 62.9 cm³/mol. The summed E-state index contributed by atoms with van der Waals surface area (Å²) in [6.07, 6.45) is 3.71. The number of aliphatic hydroxyl groups is 1. The summed E-state index contributed by atoms with van der Waals surface area (Å²) in [6, 6.07) is 8.39. The summed E-state index contributed by atoms with van der Waals surface area (Å²) in [5.74, 6) is 0. The van der Waals surface area contributed by atoms with E-state index in [1.165, 1.54) is 16.5 Å². The summed E-state index contributed by atoms with van der Waals surface area (Å²) in [6.45, 7) is 1.84. The van der Waals surface area contributed by atoms with Crippen LogP contribution in [0.3, 0.4) is 0 Å². The highest BCUT2D eigenvalue weighted by molar-refractivity contribution is 5.83. The minimum atomic E-state index is -0.219. The van der Waals surface area contributed by atoms with Gasteiger partial charge in [-0.05, 0) is 31.4 Å². The van der Waals surface area contributed by atoms with Crippen molar-refractivity contribution in [3.8, 4) is 0 Å². The van der Waals surface area contributed by atoms with Crippen molar-refractivity contribution in [3.63, 3.8) is 0 Å². The van der Waals surface area contributed by atoms with E-state index in [0.29, 0.717) is 0 Å². The fourth-order valence-corrected chi connectivity index (χ4v) is 1.99. The lowest BCUT2D eigenvalue weighted by Gasteiger charge is -2.02. The van der Waals surface area contributed by atoms with Gasteiger partial charge in [0.25, 0.3) is 0 Å². The monoisotopic (exact) mass is 203 g/mol. The molecule has 0 saturated heterocycles. The van der Waals surface area contributed by atoms with Crippen LogP contribution in [0.15, 0.2) is 30.5 Å². The van der Waals surface area contributed by atoms with Gasteiger partial charge >= 0.3 is 0 Å². The third-order valence-electron chi connectivity index (χ3n) is 2.81. The second-order valence-electron chi connectivity index (χ2n) is 4.17. The maximum absolute atomic E-state index is 9.29. The quantitative estimate of drug-likeness (QED) is 0.814. The molecule has 0 unspecified atom stereocenters. The molecule has 1 aromatic carbocycles. The highest BCUT2D eigenvalue weighted by Crippen LogP contribution is 2.21. The van der Waals surface area contributed by atoms with Crippen LogP contribution in [-0.2, 0) is 13.5 Å². The molecule has 0 aliphatic heterocycles. The Hall–Kier alpha value is -1.28. The van der Waals surface area contributed by atoms with Gasteiger partial charge in [0.1, 0.15) is 0 Å². The maximum Gasteiger partial charge on any atom is 0.0515 e. The van der Waals surface area contributed by atoms with Crippen molar-refractivity contribution in [2.24, 2.45) is 7.05 Å². The molecule has 0 aliphatic rings. The number of fused-ring (bicyclic) bond motifs is 1. The van der Waals surface area contributed by atoms with Gasteiger partial charge in [0.2, 0.25) is 0 Å². The molecule has 2 heteroatoms. The number of hydrogen-bond acceptors (Lipinski definition) is 1. The number of aromatic nitrogens is 1. The van der Waals surface area contributed by atoms with E-state index in [2.05, 4.69) is 42.1 Å². The molecular formula is C13H17NO. The standard InChI is InChI=1S/C13H17NO/c1-10(15)7-8-11-9-14(2)13-6-4-3-5-12(11)13/h3-6,9-10,15H,7-8H2,1-2H3/t10-/m1/s1. The summed E-state index contributed by atoms with van der Waals surface area (Å²) >= 11 is 0. The van der Waals surface area contributed by atoms with Crippen molar-refractivity contribution < 1.29 is 5.11 Å². The lowest BCUT2D eigenvalue weighted by molar-refractivity contribution is 0.185. The predicted octanol–water partition coefficient (Wildman–Crippen LogP) is 2.49. The van der Waals surface area contributed by atoms with Crippen molar-refractivity contribution in [2.75, 3.05) is 0 Å². The number of nitrogens with zero attached hydrogens (tertiary/aromatic N) is 1. The minimum Gasteiger partial charge on any atom is -0.393 e. The van der Waals surface area contributed by atoms with Crippen LogP contribution in [0.1, 0.15) is 18.9 Å². The highest BCUT2D eigenvalue weighted by Gasteiger charge is 2.06. The number of aryl methyl sites for hydroxylation is 2. The van der Waals surface area contributed by atoms with E-state index >= 15 is 0 Å². The third kappa shape index (κ3) is 2.05. The van der Waals surface area contributed by atoms with E-state index in [0.717, 1.165) is 12.8 Å². The Morgan fingerprint density at radius 2 is 2.07 bits per heavy atom. The Labute approximate surface area is 90.2 Å². The van der Waals surface area contributed by atoms with Gasteiger partial charge in [0, 0.05) is 24.1 Å². The second kappa shape index (κ2) is 4.07. The average Bonchev–Trinajstić information content (AvgIpc) is 2.54. The summed E-state index contributed by atoms with van der Waals surface area (Å²) in [7, 11) is 2.06. The van der Waals surface area contributed by atoms with Crippen LogP contribution in [0.4, 0.5) is 0 Å². The first-order chi connectivity index (χ1) is 7.18. The first-order valence-corrected chi connectivity index (χ1v) is 5.39. The molecule has 0 bridgehead atoms. The van der Waals surface area contributed by atoms with Gasteiger partial charge in [0.05, 0.1) is 6.10 Å². The topological polar surface area (TPSA) is 25.2 Å². The number of rotatable bonds is 3. The molecule has 2 nitrogen and oxygen atoms in total. The molecule has 0 radical (unpaired) electrons. The van der Waals surface area contributed by atoms with Gasteiger partial charge in [-0.1, -0.05) is 18.2 Å². The first kappa shape index (κ1) is 10.2. The summed E-state index contributed by atoms with van der Waals surface area (Å²) in [4.78, 5) is 0. The fourth-order valence-electron chi connectivity index (χ4n) is 1.99. The van der Waals surface area contributed by atoms with Crippen molar-refractivity contribution in [2.45, 2.75) is 25.9 Å². The molecule has 1 atom stereocenters. The zero-order valence-electron chi connectivity index (χ0n) is 9.27. The second-order valence-corrected chi connectivity index (χ2v) is 4.17. The number of para-hydroxylation sites is 1. The van der Waals surface area contributed by atoms with Crippen LogP contribution in [0, 0.1) is 0 Å². The Morgan fingerprint density at radius 1 is 1.33 bits per heavy atom. The molecule has 0 fully saturated rings. The molecule has 0 aliphatic carbocycles. The number of benzene rings is 1. The van der Waals surface area contributed by atoms with Crippen molar-refractivity contribution in [1.29, 1.82) is 0 Å². The normalized spacial score (nSPS) is 13.3. The van der Waals surface area contributed by atoms with Crippen LogP contribution in [0.5, 0.6) is 0 Å². The van der Waals surface area contributed by atoms with E-state index in [-0.39, 0.29) is 6.10 Å². The molecular weight excluding hydrogens is 186 g/mol. The zero-order valence-corrected chi connectivity index (χ0v) is 9.27. The van der Waals surface area contributed by atoms with E-state index in [1.807, 2.05) is 6.92 Å². The zero-order chi connectivity index (χ0) is 10.8. The van der Waals surface area contributed by atoms with Crippen LogP contribution < -0.4 is 0 Å². The summed E-state index contributed by atoms with van der Waals surface area (Å²) < 4.78 is 2.15. The Balaban J connectivity index is 2.35. The van der Waals surface area contributed by atoms with Gasteiger partial charge in [-0.3, -0.25) is 0 Å². The lowest BCUT2D eigenvalue weighted by Crippen LogP contribution is -2.00. The lowest BCUT2D eigenvalue weighted by atomic mass is 10.1. The number of aliphatic hydroxyl groups excluding tert-OH is 1. The van der Waals surface area contributed by atoms with Crippen LogP contribution in [-0.4, -0.2) is 15.8 Å². The third-order valence-corrected chi connectivity index (χ3v) is 2.81. The van der Waals surface area contributed by atoms with Crippen LogP contribution in [0.25, 0.3) is 10.9 Å². The summed E-state index contributed by atoms with van der Waals surface area (Å²) in [5.41, 5.74) is 2.59. The minimum absolute atomic E-state index is 0.219. The van der Waals surface area contributed by atoms with E-state index in [4.69, 9.17) is 0 Å². The fraction of sp³-hybridized carbons (Fsp3) is 0.385. The van der Waals surface area contributed by atoms with Crippen LogP contribution in [0.2, 0.25) is 0 Å². The van der Waals surface area contributed by atoms with Gasteiger partial charge in [0.15, 0.2) is 0 Å². The molecule has 0 spiro atoms. The van der Waals surface area contributed by atoms with Crippen molar-refractivity contribution in [3.05, 3.63) is 36.0 Å². The molecule has 2 aromatic rings. The van der Waals surface area contributed by atoms with Gasteiger partial charge in [-0.25, -0.2) is 0 Å². The number of hydrogen-bond donors (Lipinski definition) is 1. The summed E-state index contributed by atoms with van der Waals surface area (Å²) in [5, 5.41) is 10.6.